The van der Waals surface area contributed by atoms with Gasteiger partial charge in [0.2, 0.25) is 5.91 Å². The second kappa shape index (κ2) is 5.15. The molecule has 0 bridgehead atoms. The Morgan fingerprint density at radius 2 is 2.00 bits per heavy atom. The Bertz CT molecular complexity index is 540. The fourth-order valence-electron chi connectivity index (χ4n) is 2.73. The maximum absolute atomic E-state index is 11.9. The molecule has 1 aliphatic heterocycles. The number of benzene rings is 1. The van der Waals surface area contributed by atoms with Gasteiger partial charge < -0.3 is 15.3 Å². The Labute approximate surface area is 117 Å². The Morgan fingerprint density at radius 3 is 2.70 bits per heavy atom. The molecule has 1 amide bonds. The van der Waals surface area contributed by atoms with Crippen molar-refractivity contribution >= 4 is 17.6 Å². The lowest BCUT2D eigenvalue weighted by atomic mass is 9.90. The summed E-state index contributed by atoms with van der Waals surface area (Å²) in [6, 6.07) is 7.83. The molecule has 1 unspecified atom stereocenters. The number of rotatable bonds is 4. The summed E-state index contributed by atoms with van der Waals surface area (Å²) in [5.74, 6) is -1.23. The van der Waals surface area contributed by atoms with Crippen molar-refractivity contribution in [2.75, 3.05) is 18.0 Å². The molecule has 1 heterocycles. The number of nitrogens with zero attached hydrogens (tertiary/aromatic N) is 1. The van der Waals surface area contributed by atoms with Gasteiger partial charge in [0.25, 0.3) is 0 Å². The third-order valence-electron chi connectivity index (χ3n) is 3.92. The van der Waals surface area contributed by atoms with Crippen molar-refractivity contribution in [2.45, 2.75) is 31.2 Å². The average Bonchev–Trinajstić information content (AvgIpc) is 3.22. The smallest absolute Gasteiger partial charge is 0.311 e. The number of hydrogen-bond donors (Lipinski definition) is 2. The summed E-state index contributed by atoms with van der Waals surface area (Å²) < 4.78 is 0. The number of nitrogens with one attached hydrogen (secondary N) is 1. The third kappa shape index (κ3) is 2.61. The molecule has 0 aromatic heterocycles. The minimum atomic E-state index is -0.792. The summed E-state index contributed by atoms with van der Waals surface area (Å²) >= 11 is 0. The molecule has 0 saturated heterocycles. The van der Waals surface area contributed by atoms with Crippen LogP contribution < -0.4 is 10.2 Å². The van der Waals surface area contributed by atoms with Crippen molar-refractivity contribution < 1.29 is 14.7 Å². The zero-order valence-electron chi connectivity index (χ0n) is 11.2. The Kier molecular flexibility index (Phi) is 3.34. The molecule has 1 aromatic rings. The fourth-order valence-corrected chi connectivity index (χ4v) is 2.73. The van der Waals surface area contributed by atoms with Gasteiger partial charge in [-0.2, -0.15) is 0 Å². The number of para-hydroxylation sites is 1. The molecule has 0 radical (unpaired) electrons. The maximum atomic E-state index is 11.9. The van der Waals surface area contributed by atoms with Crippen molar-refractivity contribution in [3.05, 3.63) is 29.8 Å². The van der Waals surface area contributed by atoms with Crippen molar-refractivity contribution in [3.8, 4) is 0 Å². The van der Waals surface area contributed by atoms with Crippen LogP contribution in [0.1, 0.15) is 30.7 Å². The van der Waals surface area contributed by atoms with E-state index in [0.29, 0.717) is 25.6 Å². The van der Waals surface area contributed by atoms with E-state index in [1.165, 1.54) is 0 Å². The monoisotopic (exact) mass is 274 g/mol. The van der Waals surface area contributed by atoms with E-state index in [1.807, 2.05) is 29.2 Å². The second-order valence-corrected chi connectivity index (χ2v) is 5.50. The van der Waals surface area contributed by atoms with E-state index in [0.717, 1.165) is 24.1 Å². The summed E-state index contributed by atoms with van der Waals surface area (Å²) in [4.78, 5) is 25.2. The molecule has 0 spiro atoms. The van der Waals surface area contributed by atoms with Crippen molar-refractivity contribution in [2.24, 2.45) is 0 Å². The fraction of sp³-hybridized carbons (Fsp3) is 0.467. The van der Waals surface area contributed by atoms with Gasteiger partial charge in [0.1, 0.15) is 0 Å². The van der Waals surface area contributed by atoms with Crippen LogP contribution in [-0.4, -0.2) is 36.1 Å². The van der Waals surface area contributed by atoms with E-state index in [2.05, 4.69) is 5.32 Å². The highest BCUT2D eigenvalue weighted by Gasteiger charge is 2.31. The highest BCUT2D eigenvalue weighted by Crippen LogP contribution is 2.35. The van der Waals surface area contributed by atoms with Crippen molar-refractivity contribution in [1.82, 2.24) is 5.32 Å². The molecule has 2 N–H and O–H groups in total. The van der Waals surface area contributed by atoms with Crippen LogP contribution in [0.2, 0.25) is 0 Å². The first-order valence-electron chi connectivity index (χ1n) is 7.01. The number of carboxylic acid groups (broad SMARTS) is 1. The van der Waals surface area contributed by atoms with Crippen molar-refractivity contribution in [1.29, 1.82) is 0 Å². The van der Waals surface area contributed by atoms with E-state index in [9.17, 15) is 14.7 Å². The van der Waals surface area contributed by atoms with Gasteiger partial charge in [-0.1, -0.05) is 18.2 Å². The van der Waals surface area contributed by atoms with Gasteiger partial charge >= 0.3 is 5.97 Å². The molecule has 1 aromatic carbocycles. The summed E-state index contributed by atoms with van der Waals surface area (Å²) in [5.41, 5.74) is 1.68. The van der Waals surface area contributed by atoms with Crippen molar-refractivity contribution in [3.63, 3.8) is 0 Å². The second-order valence-electron chi connectivity index (χ2n) is 5.50. The molecule has 5 heteroatoms. The summed E-state index contributed by atoms with van der Waals surface area (Å²) in [6.45, 7) is 0.909. The maximum Gasteiger partial charge on any atom is 0.311 e. The third-order valence-corrected chi connectivity index (χ3v) is 3.92. The first-order chi connectivity index (χ1) is 9.65. The van der Waals surface area contributed by atoms with Crippen LogP contribution in [0.3, 0.4) is 0 Å². The molecule has 1 atom stereocenters. The lowest BCUT2D eigenvalue weighted by Gasteiger charge is -2.33. The lowest BCUT2D eigenvalue weighted by Crippen LogP contribution is -2.41. The predicted molar refractivity (Wildman–Crippen MR) is 74.8 cm³/mol. The molecular weight excluding hydrogens is 256 g/mol. The van der Waals surface area contributed by atoms with Gasteiger partial charge in [-0.05, 0) is 30.9 Å². The number of carbonyl (C=O) groups is 2. The van der Waals surface area contributed by atoms with Gasteiger partial charge in [0.05, 0.1) is 12.5 Å². The molecule has 1 saturated carbocycles. The molecule has 1 aliphatic carbocycles. The largest absolute Gasteiger partial charge is 0.481 e. The van der Waals surface area contributed by atoms with E-state index >= 15 is 0 Å². The van der Waals surface area contributed by atoms with Crippen LogP contribution in [0.5, 0.6) is 0 Å². The minimum absolute atomic E-state index is 0.0241. The minimum Gasteiger partial charge on any atom is -0.481 e. The Balaban J connectivity index is 1.77. The highest BCUT2D eigenvalue weighted by molar-refractivity contribution is 5.85. The van der Waals surface area contributed by atoms with Crippen LogP contribution in [0.4, 0.5) is 5.69 Å². The van der Waals surface area contributed by atoms with E-state index in [-0.39, 0.29) is 5.91 Å². The molecule has 106 valence electrons. The molecule has 2 aliphatic rings. The Hall–Kier alpha value is -2.04. The molecule has 1 fully saturated rings. The number of anilines is 1. The number of aliphatic carboxylic acids is 1. The average molecular weight is 274 g/mol. The number of hydrogen-bond acceptors (Lipinski definition) is 3. The summed E-state index contributed by atoms with van der Waals surface area (Å²) in [5, 5.41) is 12.3. The lowest BCUT2D eigenvalue weighted by molar-refractivity contribution is -0.139. The molecular formula is C15H18N2O3. The van der Waals surface area contributed by atoms with Gasteiger partial charge in [0, 0.05) is 18.3 Å². The van der Waals surface area contributed by atoms with E-state index in [4.69, 9.17) is 0 Å². The zero-order chi connectivity index (χ0) is 14.1. The SMILES string of the molecule is O=C(CN1CCC(C(=O)O)c2ccccc21)NC1CC1. The van der Waals surface area contributed by atoms with Crippen LogP contribution in [0.15, 0.2) is 24.3 Å². The number of carbonyl (C=O) groups excluding carboxylic acids is 1. The number of carboxylic acids is 1. The highest BCUT2D eigenvalue weighted by atomic mass is 16.4. The molecule has 20 heavy (non-hydrogen) atoms. The predicted octanol–water partition coefficient (Wildman–Crippen LogP) is 1.34. The van der Waals surface area contributed by atoms with Crippen LogP contribution in [0.25, 0.3) is 0 Å². The normalized spacial score (nSPS) is 21.2. The quantitative estimate of drug-likeness (QED) is 0.869. The molecule has 5 nitrogen and oxygen atoms in total. The first-order valence-corrected chi connectivity index (χ1v) is 7.01. The summed E-state index contributed by atoms with van der Waals surface area (Å²) in [7, 11) is 0. The topological polar surface area (TPSA) is 69.6 Å². The zero-order valence-corrected chi connectivity index (χ0v) is 11.2. The Morgan fingerprint density at radius 1 is 1.25 bits per heavy atom. The van der Waals surface area contributed by atoms with Gasteiger partial charge in [-0.15, -0.1) is 0 Å². The van der Waals surface area contributed by atoms with Crippen LogP contribution in [-0.2, 0) is 9.59 Å². The standard InChI is InChI=1S/C15H18N2O3/c18-14(16-10-5-6-10)9-17-8-7-12(15(19)20)11-3-1-2-4-13(11)17/h1-4,10,12H,5-9H2,(H,16,18)(H,19,20). The van der Waals surface area contributed by atoms with Crippen LogP contribution >= 0.6 is 0 Å². The summed E-state index contributed by atoms with van der Waals surface area (Å²) in [6.07, 6.45) is 2.69. The van der Waals surface area contributed by atoms with E-state index < -0.39 is 11.9 Å². The van der Waals surface area contributed by atoms with E-state index in [1.54, 1.807) is 0 Å². The number of fused-ring (bicyclic) bond motifs is 1. The number of amides is 1. The molecule has 3 rings (SSSR count). The van der Waals surface area contributed by atoms with Gasteiger partial charge in [-0.3, -0.25) is 9.59 Å². The van der Waals surface area contributed by atoms with Crippen LogP contribution in [0, 0.1) is 0 Å². The van der Waals surface area contributed by atoms with Gasteiger partial charge in [-0.25, -0.2) is 0 Å². The first kappa shape index (κ1) is 13.0. The van der Waals surface area contributed by atoms with Gasteiger partial charge in [0.15, 0.2) is 0 Å².